The Bertz CT molecular complexity index is 593. The lowest BCUT2D eigenvalue weighted by molar-refractivity contribution is 0.209. The fourth-order valence-corrected chi connectivity index (χ4v) is 2.17. The molecule has 1 N–H and O–H groups in total. The number of methoxy groups -OCH3 is 1. The average molecular weight is 257 g/mol. The second-order valence-electron chi connectivity index (χ2n) is 4.74. The number of aromatic nitrogens is 1. The zero-order valence-electron chi connectivity index (χ0n) is 11.8. The first kappa shape index (κ1) is 13.6. The van der Waals surface area contributed by atoms with Gasteiger partial charge in [-0.25, -0.2) is 0 Å². The third-order valence-corrected chi connectivity index (χ3v) is 3.40. The topological polar surface area (TPSA) is 42.4 Å². The number of aliphatic hydroxyl groups excluding tert-OH is 1. The summed E-state index contributed by atoms with van der Waals surface area (Å²) in [5.74, 6) is 0.732. The summed E-state index contributed by atoms with van der Waals surface area (Å²) in [6, 6.07) is 9.52. The van der Waals surface area contributed by atoms with Gasteiger partial charge in [-0.15, -0.1) is 0 Å². The SMILES string of the molecule is COc1c(C(O)c2cccc(C)n2)ccc(C)c1C. The molecule has 0 aliphatic carbocycles. The maximum absolute atomic E-state index is 10.5. The van der Waals surface area contributed by atoms with Gasteiger partial charge in [0.05, 0.1) is 12.8 Å². The van der Waals surface area contributed by atoms with Gasteiger partial charge in [-0.2, -0.15) is 0 Å². The molecule has 0 spiro atoms. The van der Waals surface area contributed by atoms with Crippen LogP contribution in [0.4, 0.5) is 0 Å². The summed E-state index contributed by atoms with van der Waals surface area (Å²) in [5.41, 5.74) is 4.47. The molecule has 0 saturated carbocycles. The van der Waals surface area contributed by atoms with Crippen LogP contribution in [0.2, 0.25) is 0 Å². The largest absolute Gasteiger partial charge is 0.496 e. The number of aliphatic hydroxyl groups is 1. The number of hydrogen-bond acceptors (Lipinski definition) is 3. The maximum atomic E-state index is 10.5. The Hall–Kier alpha value is -1.87. The fourth-order valence-electron chi connectivity index (χ4n) is 2.17. The highest BCUT2D eigenvalue weighted by atomic mass is 16.5. The summed E-state index contributed by atoms with van der Waals surface area (Å²) in [5, 5.41) is 10.5. The van der Waals surface area contributed by atoms with E-state index >= 15 is 0 Å². The second kappa shape index (κ2) is 5.41. The third kappa shape index (κ3) is 2.61. The zero-order valence-corrected chi connectivity index (χ0v) is 11.8. The van der Waals surface area contributed by atoms with Crippen LogP contribution < -0.4 is 4.74 Å². The lowest BCUT2D eigenvalue weighted by atomic mass is 9.98. The minimum absolute atomic E-state index is 0.640. The fraction of sp³-hybridized carbons (Fsp3) is 0.312. The Morgan fingerprint density at radius 2 is 1.84 bits per heavy atom. The molecule has 0 saturated heterocycles. The Morgan fingerprint density at radius 1 is 1.11 bits per heavy atom. The van der Waals surface area contributed by atoms with E-state index in [1.165, 1.54) is 0 Å². The van der Waals surface area contributed by atoms with Gasteiger partial charge in [0, 0.05) is 11.3 Å². The van der Waals surface area contributed by atoms with Crippen LogP contribution in [0.25, 0.3) is 0 Å². The number of rotatable bonds is 3. The van der Waals surface area contributed by atoms with Gasteiger partial charge in [0.15, 0.2) is 0 Å². The van der Waals surface area contributed by atoms with Crippen molar-refractivity contribution in [2.24, 2.45) is 0 Å². The molecule has 3 nitrogen and oxygen atoms in total. The van der Waals surface area contributed by atoms with Crippen molar-refractivity contribution in [1.29, 1.82) is 0 Å². The van der Waals surface area contributed by atoms with E-state index in [4.69, 9.17) is 4.74 Å². The molecule has 0 aliphatic heterocycles. The molecule has 19 heavy (non-hydrogen) atoms. The van der Waals surface area contributed by atoms with Gasteiger partial charge >= 0.3 is 0 Å². The summed E-state index contributed by atoms with van der Waals surface area (Å²) < 4.78 is 5.44. The first-order chi connectivity index (χ1) is 9.04. The van der Waals surface area contributed by atoms with Gasteiger partial charge in [0.25, 0.3) is 0 Å². The zero-order chi connectivity index (χ0) is 14.0. The molecule has 3 heteroatoms. The molecule has 1 aromatic heterocycles. The molecule has 1 atom stereocenters. The summed E-state index contributed by atoms with van der Waals surface area (Å²) in [6.07, 6.45) is -0.769. The van der Waals surface area contributed by atoms with E-state index in [1.54, 1.807) is 7.11 Å². The normalized spacial score (nSPS) is 12.3. The average Bonchev–Trinajstić information content (AvgIpc) is 2.41. The Labute approximate surface area is 113 Å². The van der Waals surface area contributed by atoms with Crippen molar-refractivity contribution in [3.05, 3.63) is 58.4 Å². The molecule has 0 radical (unpaired) electrons. The first-order valence-electron chi connectivity index (χ1n) is 6.30. The van der Waals surface area contributed by atoms with E-state index in [9.17, 15) is 5.11 Å². The molecule has 1 heterocycles. The Balaban J connectivity index is 2.50. The van der Waals surface area contributed by atoms with Crippen LogP contribution in [-0.2, 0) is 0 Å². The molecule has 0 amide bonds. The third-order valence-electron chi connectivity index (χ3n) is 3.40. The van der Waals surface area contributed by atoms with Gasteiger partial charge in [-0.05, 0) is 44.0 Å². The van der Waals surface area contributed by atoms with Gasteiger partial charge < -0.3 is 9.84 Å². The molecule has 0 fully saturated rings. The molecule has 1 unspecified atom stereocenters. The van der Waals surface area contributed by atoms with Crippen LogP contribution >= 0.6 is 0 Å². The van der Waals surface area contributed by atoms with E-state index < -0.39 is 6.10 Å². The maximum Gasteiger partial charge on any atom is 0.128 e. The van der Waals surface area contributed by atoms with Gasteiger partial charge in [0.2, 0.25) is 0 Å². The van der Waals surface area contributed by atoms with E-state index in [1.807, 2.05) is 51.1 Å². The Kier molecular flexibility index (Phi) is 3.86. The molecule has 0 aliphatic rings. The Morgan fingerprint density at radius 3 is 2.47 bits per heavy atom. The summed E-state index contributed by atoms with van der Waals surface area (Å²) in [7, 11) is 1.63. The number of pyridine rings is 1. The second-order valence-corrected chi connectivity index (χ2v) is 4.74. The van der Waals surface area contributed by atoms with Crippen LogP contribution in [0.15, 0.2) is 30.3 Å². The minimum atomic E-state index is -0.769. The minimum Gasteiger partial charge on any atom is -0.496 e. The highest BCUT2D eigenvalue weighted by Gasteiger charge is 2.18. The van der Waals surface area contributed by atoms with Gasteiger partial charge in [-0.1, -0.05) is 18.2 Å². The number of aryl methyl sites for hydroxylation is 2. The summed E-state index contributed by atoms with van der Waals surface area (Å²) in [4.78, 5) is 4.37. The van der Waals surface area contributed by atoms with Gasteiger partial charge in [0.1, 0.15) is 11.9 Å². The molecule has 2 rings (SSSR count). The van der Waals surface area contributed by atoms with Crippen molar-refractivity contribution in [1.82, 2.24) is 4.98 Å². The van der Waals surface area contributed by atoms with Crippen molar-refractivity contribution in [3.63, 3.8) is 0 Å². The van der Waals surface area contributed by atoms with Crippen LogP contribution in [0, 0.1) is 20.8 Å². The van der Waals surface area contributed by atoms with Crippen molar-refractivity contribution < 1.29 is 9.84 Å². The van der Waals surface area contributed by atoms with E-state index in [-0.39, 0.29) is 0 Å². The lowest BCUT2D eigenvalue weighted by Gasteiger charge is -2.18. The van der Waals surface area contributed by atoms with Crippen molar-refractivity contribution in [2.75, 3.05) is 7.11 Å². The van der Waals surface area contributed by atoms with Crippen molar-refractivity contribution in [2.45, 2.75) is 26.9 Å². The summed E-state index contributed by atoms with van der Waals surface area (Å²) in [6.45, 7) is 5.93. The molecule has 0 bridgehead atoms. The highest BCUT2D eigenvalue weighted by Crippen LogP contribution is 2.33. The molecular formula is C16H19NO2. The summed E-state index contributed by atoms with van der Waals surface area (Å²) >= 11 is 0. The van der Waals surface area contributed by atoms with Crippen LogP contribution in [-0.4, -0.2) is 17.2 Å². The van der Waals surface area contributed by atoms with Crippen LogP contribution in [0.1, 0.15) is 34.2 Å². The molecule has 1 aromatic carbocycles. The van der Waals surface area contributed by atoms with Crippen LogP contribution in [0.3, 0.4) is 0 Å². The van der Waals surface area contributed by atoms with Crippen LogP contribution in [0.5, 0.6) is 5.75 Å². The van der Waals surface area contributed by atoms with E-state index in [0.29, 0.717) is 5.69 Å². The standard InChI is InChI=1S/C16H19NO2/c1-10-8-9-13(16(19-4)12(10)3)15(18)14-7-5-6-11(2)17-14/h5-9,15,18H,1-4H3. The molecule has 100 valence electrons. The van der Waals surface area contributed by atoms with E-state index in [2.05, 4.69) is 4.98 Å². The van der Waals surface area contributed by atoms with Crippen molar-refractivity contribution in [3.8, 4) is 5.75 Å². The smallest absolute Gasteiger partial charge is 0.128 e. The number of benzene rings is 1. The van der Waals surface area contributed by atoms with E-state index in [0.717, 1.165) is 28.1 Å². The number of ether oxygens (including phenoxy) is 1. The lowest BCUT2D eigenvalue weighted by Crippen LogP contribution is -2.06. The van der Waals surface area contributed by atoms with Crippen molar-refractivity contribution >= 4 is 0 Å². The quantitative estimate of drug-likeness (QED) is 0.918. The number of nitrogens with zero attached hydrogens (tertiary/aromatic N) is 1. The van der Waals surface area contributed by atoms with Gasteiger partial charge in [-0.3, -0.25) is 4.98 Å². The monoisotopic (exact) mass is 257 g/mol. The predicted molar refractivity (Wildman–Crippen MR) is 75.5 cm³/mol. The first-order valence-corrected chi connectivity index (χ1v) is 6.30. The molecule has 2 aromatic rings. The number of hydrogen-bond donors (Lipinski definition) is 1. The highest BCUT2D eigenvalue weighted by molar-refractivity contribution is 5.48. The predicted octanol–water partition coefficient (Wildman–Crippen LogP) is 3.10. The molecular weight excluding hydrogens is 238 g/mol.